The van der Waals surface area contributed by atoms with Gasteiger partial charge in [0.2, 0.25) is 0 Å². The van der Waals surface area contributed by atoms with Gasteiger partial charge in [0.1, 0.15) is 0 Å². The Kier molecular flexibility index (Phi) is 5.33. The highest BCUT2D eigenvalue weighted by Gasteiger charge is 2.31. The van der Waals surface area contributed by atoms with E-state index in [0.29, 0.717) is 12.6 Å². The number of nitrogens with two attached hydrogens (primary N) is 1. The molecule has 5 heteroatoms. The van der Waals surface area contributed by atoms with Crippen LogP contribution in [0.25, 0.3) is 0 Å². The summed E-state index contributed by atoms with van der Waals surface area (Å²) in [5, 5.41) is 0. The monoisotopic (exact) mass is 326 g/mol. The Bertz CT molecular complexity index is 410. The van der Waals surface area contributed by atoms with Gasteiger partial charge >= 0.3 is 0 Å². The summed E-state index contributed by atoms with van der Waals surface area (Å²) in [6, 6.07) is 3.01. The summed E-state index contributed by atoms with van der Waals surface area (Å²) >= 11 is 3.49. The largest absolute Gasteiger partial charge is 0.329 e. The molecule has 2 unspecified atom stereocenters. The van der Waals surface area contributed by atoms with Crippen LogP contribution in [0.3, 0.4) is 0 Å². The van der Waals surface area contributed by atoms with Crippen molar-refractivity contribution in [1.82, 2.24) is 14.8 Å². The average molecular weight is 327 g/mol. The van der Waals surface area contributed by atoms with Crippen molar-refractivity contribution in [2.45, 2.75) is 24.9 Å². The second-order valence-corrected chi connectivity index (χ2v) is 6.40. The minimum atomic E-state index is 0.275. The highest BCUT2D eigenvalue weighted by molar-refractivity contribution is 9.10. The zero-order chi connectivity index (χ0) is 13.8. The van der Waals surface area contributed by atoms with Gasteiger partial charge in [0.15, 0.2) is 0 Å². The maximum Gasteiger partial charge on any atom is 0.0489 e. The van der Waals surface area contributed by atoms with E-state index >= 15 is 0 Å². The van der Waals surface area contributed by atoms with Crippen LogP contribution in [-0.4, -0.2) is 54.6 Å². The van der Waals surface area contributed by atoms with Crippen molar-refractivity contribution in [1.29, 1.82) is 0 Å². The molecule has 1 aromatic heterocycles. The fourth-order valence-electron chi connectivity index (χ4n) is 2.96. The van der Waals surface area contributed by atoms with E-state index in [1.807, 2.05) is 12.4 Å². The van der Waals surface area contributed by atoms with Gasteiger partial charge in [-0.25, -0.2) is 0 Å². The number of pyridine rings is 1. The summed E-state index contributed by atoms with van der Waals surface area (Å²) in [6.07, 6.45) is 6.28. The van der Waals surface area contributed by atoms with Crippen molar-refractivity contribution in [3.63, 3.8) is 0 Å². The Morgan fingerprint density at radius 3 is 2.95 bits per heavy atom. The van der Waals surface area contributed by atoms with E-state index in [1.54, 1.807) is 0 Å². The molecule has 0 aliphatic carbocycles. The van der Waals surface area contributed by atoms with Gasteiger partial charge in [-0.05, 0) is 61.0 Å². The average Bonchev–Trinajstić information content (AvgIpc) is 2.78. The van der Waals surface area contributed by atoms with E-state index in [1.165, 1.54) is 18.4 Å². The number of rotatable bonds is 5. The minimum Gasteiger partial charge on any atom is -0.329 e. The predicted molar refractivity (Wildman–Crippen MR) is 82.0 cm³/mol. The lowest BCUT2D eigenvalue weighted by molar-refractivity contribution is 0.155. The van der Waals surface area contributed by atoms with Crippen LogP contribution in [0.1, 0.15) is 24.4 Å². The van der Waals surface area contributed by atoms with Crippen molar-refractivity contribution < 1.29 is 0 Å². The molecule has 19 heavy (non-hydrogen) atoms. The van der Waals surface area contributed by atoms with E-state index in [-0.39, 0.29) is 6.04 Å². The number of hydrogen-bond acceptors (Lipinski definition) is 4. The van der Waals surface area contributed by atoms with Crippen molar-refractivity contribution in [2.24, 2.45) is 5.73 Å². The fourth-order valence-corrected chi connectivity index (χ4v) is 3.34. The molecule has 0 spiro atoms. The fraction of sp³-hybridized carbons (Fsp3) is 0.643. The standard InChI is InChI=1S/C14H23BrN4/c1-18(2)10-13-4-3-5-19(13)14(7-16)11-6-12(15)9-17-8-11/h6,8-9,13-14H,3-5,7,10,16H2,1-2H3. The molecule has 2 atom stereocenters. The molecule has 1 aliphatic rings. The van der Waals surface area contributed by atoms with Crippen LogP contribution < -0.4 is 5.73 Å². The van der Waals surface area contributed by atoms with Gasteiger partial charge in [-0.2, -0.15) is 0 Å². The molecule has 0 saturated carbocycles. The van der Waals surface area contributed by atoms with Crippen LogP contribution in [0, 0.1) is 0 Å². The number of likely N-dealkylation sites (tertiary alicyclic amines) is 1. The van der Waals surface area contributed by atoms with Gasteiger partial charge in [0, 0.05) is 42.0 Å². The molecular weight excluding hydrogens is 304 g/mol. The number of aromatic nitrogens is 1. The molecule has 2 heterocycles. The molecule has 1 fully saturated rings. The predicted octanol–water partition coefficient (Wildman–Crippen LogP) is 1.87. The number of nitrogens with zero attached hydrogens (tertiary/aromatic N) is 3. The third-order valence-corrected chi connectivity index (χ3v) is 4.17. The zero-order valence-corrected chi connectivity index (χ0v) is 13.3. The maximum atomic E-state index is 6.03. The molecule has 106 valence electrons. The van der Waals surface area contributed by atoms with Gasteiger partial charge in [0.05, 0.1) is 0 Å². The van der Waals surface area contributed by atoms with Gasteiger partial charge < -0.3 is 10.6 Å². The Balaban J connectivity index is 2.16. The van der Waals surface area contributed by atoms with Crippen LogP contribution in [0.4, 0.5) is 0 Å². The molecule has 0 bridgehead atoms. The molecule has 0 amide bonds. The summed E-state index contributed by atoms with van der Waals surface area (Å²) in [4.78, 5) is 9.08. The van der Waals surface area contributed by atoms with E-state index in [9.17, 15) is 0 Å². The van der Waals surface area contributed by atoms with Gasteiger partial charge in [-0.15, -0.1) is 0 Å². The van der Waals surface area contributed by atoms with Crippen molar-refractivity contribution in [2.75, 3.05) is 33.7 Å². The number of likely N-dealkylation sites (N-methyl/N-ethyl adjacent to an activating group) is 1. The first-order chi connectivity index (χ1) is 9.11. The second-order valence-electron chi connectivity index (χ2n) is 5.48. The smallest absolute Gasteiger partial charge is 0.0489 e. The summed E-state index contributed by atoms with van der Waals surface area (Å²) in [5.74, 6) is 0. The quantitative estimate of drug-likeness (QED) is 0.897. The zero-order valence-electron chi connectivity index (χ0n) is 11.7. The lowest BCUT2D eigenvalue weighted by atomic mass is 10.1. The van der Waals surface area contributed by atoms with Gasteiger partial charge in [-0.3, -0.25) is 9.88 Å². The summed E-state index contributed by atoms with van der Waals surface area (Å²) in [5.41, 5.74) is 7.24. The molecule has 1 aliphatic heterocycles. The van der Waals surface area contributed by atoms with Crippen LogP contribution in [0.5, 0.6) is 0 Å². The minimum absolute atomic E-state index is 0.275. The molecule has 0 aromatic carbocycles. The molecule has 0 radical (unpaired) electrons. The Labute approximate surface area is 124 Å². The lowest BCUT2D eigenvalue weighted by Gasteiger charge is -2.34. The Hall–Kier alpha value is -0.490. The highest BCUT2D eigenvalue weighted by Crippen LogP contribution is 2.29. The normalized spacial score (nSPS) is 22.1. The molecule has 2 N–H and O–H groups in total. The maximum absolute atomic E-state index is 6.03. The Morgan fingerprint density at radius 1 is 1.53 bits per heavy atom. The SMILES string of the molecule is CN(C)CC1CCCN1C(CN)c1cncc(Br)c1. The first kappa shape index (κ1) is 14.9. The summed E-state index contributed by atoms with van der Waals surface area (Å²) in [6.45, 7) is 2.87. The van der Waals surface area contributed by atoms with Gasteiger partial charge in [0.25, 0.3) is 0 Å². The molecular formula is C14H23BrN4. The van der Waals surface area contributed by atoms with Crippen LogP contribution in [-0.2, 0) is 0 Å². The first-order valence-corrected chi connectivity index (χ1v) is 7.62. The topological polar surface area (TPSA) is 45.4 Å². The van der Waals surface area contributed by atoms with Crippen LogP contribution >= 0.6 is 15.9 Å². The van der Waals surface area contributed by atoms with Gasteiger partial charge in [-0.1, -0.05) is 0 Å². The second kappa shape index (κ2) is 6.79. The van der Waals surface area contributed by atoms with E-state index in [4.69, 9.17) is 5.73 Å². The van der Waals surface area contributed by atoms with Crippen molar-refractivity contribution >= 4 is 15.9 Å². The van der Waals surface area contributed by atoms with Crippen molar-refractivity contribution in [3.8, 4) is 0 Å². The van der Waals surface area contributed by atoms with E-state index in [2.05, 4.69) is 50.9 Å². The molecule has 4 nitrogen and oxygen atoms in total. The number of halogens is 1. The third kappa shape index (κ3) is 3.75. The number of hydrogen-bond donors (Lipinski definition) is 1. The van der Waals surface area contributed by atoms with Crippen LogP contribution in [0.15, 0.2) is 22.9 Å². The molecule has 1 aromatic rings. The lowest BCUT2D eigenvalue weighted by Crippen LogP contribution is -2.42. The molecule has 1 saturated heterocycles. The molecule has 2 rings (SSSR count). The summed E-state index contributed by atoms with van der Waals surface area (Å²) in [7, 11) is 4.27. The first-order valence-electron chi connectivity index (χ1n) is 6.83. The summed E-state index contributed by atoms with van der Waals surface area (Å²) < 4.78 is 1.02. The van der Waals surface area contributed by atoms with Crippen LogP contribution in [0.2, 0.25) is 0 Å². The van der Waals surface area contributed by atoms with E-state index < -0.39 is 0 Å². The highest BCUT2D eigenvalue weighted by atomic mass is 79.9. The van der Waals surface area contributed by atoms with Crippen molar-refractivity contribution in [3.05, 3.63) is 28.5 Å². The third-order valence-electron chi connectivity index (χ3n) is 3.73. The Morgan fingerprint density at radius 2 is 2.32 bits per heavy atom. The van der Waals surface area contributed by atoms with E-state index in [0.717, 1.165) is 17.6 Å².